The van der Waals surface area contributed by atoms with Crippen molar-refractivity contribution in [3.63, 3.8) is 0 Å². The number of hydrogen-bond donors (Lipinski definition) is 0. The molecule has 2 aliphatic rings. The smallest absolute Gasteiger partial charge is 0.279 e. The van der Waals surface area contributed by atoms with Crippen LogP contribution in [-0.2, 0) is 30.6 Å². The average Bonchev–Trinajstić information content (AvgIpc) is 3.13. The fourth-order valence-electron chi connectivity index (χ4n) is 4.98. The highest BCUT2D eigenvalue weighted by molar-refractivity contribution is 7.18. The summed E-state index contributed by atoms with van der Waals surface area (Å²) in [6, 6.07) is 7.99. The van der Waals surface area contributed by atoms with E-state index in [-0.39, 0.29) is 23.4 Å². The Kier molecular flexibility index (Phi) is 4.96. The van der Waals surface area contributed by atoms with E-state index >= 15 is 0 Å². The predicted molar refractivity (Wildman–Crippen MR) is 124 cm³/mol. The second-order valence-electron chi connectivity index (χ2n) is 9.82. The van der Waals surface area contributed by atoms with Crippen LogP contribution in [-0.4, -0.2) is 27.4 Å². The molecule has 0 bridgehead atoms. The molecule has 31 heavy (non-hydrogen) atoms. The fraction of sp³-hybridized carbons (Fsp3) is 0.500. The van der Waals surface area contributed by atoms with Crippen molar-refractivity contribution < 1.29 is 4.79 Å². The molecule has 1 aliphatic carbocycles. The lowest BCUT2D eigenvalue weighted by Crippen LogP contribution is -2.40. The van der Waals surface area contributed by atoms with Crippen LogP contribution in [0.15, 0.2) is 29.1 Å². The molecule has 1 aromatic carbocycles. The van der Waals surface area contributed by atoms with Gasteiger partial charge in [0.1, 0.15) is 6.54 Å². The van der Waals surface area contributed by atoms with Crippen LogP contribution in [0.3, 0.4) is 0 Å². The lowest BCUT2D eigenvalue weighted by Gasteiger charge is -2.33. The number of carbonyl (C=O) groups excluding carboxylic acids is 1. The van der Waals surface area contributed by atoms with Crippen molar-refractivity contribution in [2.45, 2.75) is 59.4 Å². The van der Waals surface area contributed by atoms with E-state index in [1.807, 2.05) is 18.2 Å². The summed E-state index contributed by atoms with van der Waals surface area (Å²) in [6.07, 6.45) is 4.86. The number of para-hydroxylation sites is 1. The molecule has 0 saturated carbocycles. The normalized spacial score (nSPS) is 18.7. The Balaban J connectivity index is 1.45. The molecule has 0 fully saturated rings. The summed E-state index contributed by atoms with van der Waals surface area (Å²) < 4.78 is 1.25. The second kappa shape index (κ2) is 7.55. The topological polar surface area (TPSA) is 68.1 Å². The highest BCUT2D eigenvalue weighted by Gasteiger charge is 2.32. The van der Waals surface area contributed by atoms with Crippen LogP contribution in [0, 0.1) is 11.3 Å². The molecule has 0 spiro atoms. The van der Waals surface area contributed by atoms with Crippen LogP contribution in [0.4, 0.5) is 5.69 Å². The summed E-state index contributed by atoms with van der Waals surface area (Å²) in [5.41, 5.74) is 3.32. The van der Waals surface area contributed by atoms with Crippen molar-refractivity contribution in [3.05, 3.63) is 50.6 Å². The molecule has 6 nitrogen and oxygen atoms in total. The predicted octanol–water partition coefficient (Wildman–Crippen LogP) is 3.98. The summed E-state index contributed by atoms with van der Waals surface area (Å²) in [6.45, 7) is 7.45. The van der Waals surface area contributed by atoms with E-state index in [1.165, 1.54) is 15.1 Å². The van der Waals surface area contributed by atoms with Crippen LogP contribution in [0.2, 0.25) is 0 Å². The fourth-order valence-corrected chi connectivity index (χ4v) is 6.21. The van der Waals surface area contributed by atoms with Gasteiger partial charge in [-0.3, -0.25) is 9.59 Å². The molecule has 3 heterocycles. The van der Waals surface area contributed by atoms with E-state index in [0.717, 1.165) is 43.4 Å². The van der Waals surface area contributed by atoms with Gasteiger partial charge in [-0.05, 0) is 60.6 Å². The van der Waals surface area contributed by atoms with Gasteiger partial charge in [0.15, 0.2) is 4.83 Å². The second-order valence-corrected chi connectivity index (χ2v) is 10.9. The SMILES string of the molecule is CC(C)(C)[C@@H]1CCc2c(sc3nnn(CC(=O)N4CCCc5ccccc54)c(=O)c23)C1. The van der Waals surface area contributed by atoms with Crippen LogP contribution in [0.5, 0.6) is 0 Å². The summed E-state index contributed by atoms with van der Waals surface area (Å²) in [7, 11) is 0. The first kappa shape index (κ1) is 20.4. The number of fused-ring (bicyclic) bond motifs is 4. The molecule has 2 aromatic heterocycles. The number of benzene rings is 1. The minimum absolute atomic E-state index is 0.0780. The maximum atomic E-state index is 13.3. The number of nitrogens with zero attached hydrogens (tertiary/aromatic N) is 4. The molecule has 1 atom stereocenters. The summed E-state index contributed by atoms with van der Waals surface area (Å²) >= 11 is 1.60. The van der Waals surface area contributed by atoms with E-state index < -0.39 is 0 Å². The first-order valence-corrected chi connectivity index (χ1v) is 11.9. The molecular formula is C24H28N4O2S. The minimum atomic E-state index is -0.185. The number of amides is 1. The lowest BCUT2D eigenvalue weighted by molar-refractivity contribution is -0.119. The van der Waals surface area contributed by atoms with E-state index in [9.17, 15) is 9.59 Å². The minimum Gasteiger partial charge on any atom is -0.311 e. The van der Waals surface area contributed by atoms with Gasteiger partial charge in [0.05, 0.1) is 5.39 Å². The van der Waals surface area contributed by atoms with E-state index in [0.29, 0.717) is 22.7 Å². The Morgan fingerprint density at radius 3 is 2.84 bits per heavy atom. The summed E-state index contributed by atoms with van der Waals surface area (Å²) in [5.74, 6) is 0.490. The maximum Gasteiger partial charge on any atom is 0.279 e. The zero-order chi connectivity index (χ0) is 21.8. The van der Waals surface area contributed by atoms with Crippen molar-refractivity contribution in [3.8, 4) is 0 Å². The molecule has 0 N–H and O–H groups in total. The van der Waals surface area contributed by atoms with Crippen molar-refractivity contribution in [1.29, 1.82) is 0 Å². The molecule has 5 rings (SSSR count). The van der Waals surface area contributed by atoms with E-state index in [4.69, 9.17) is 0 Å². The van der Waals surface area contributed by atoms with E-state index in [1.54, 1.807) is 16.2 Å². The molecule has 7 heteroatoms. The number of aromatic nitrogens is 3. The molecule has 1 amide bonds. The Hall–Kier alpha value is -2.54. The third-order valence-corrected chi connectivity index (χ3v) is 8.00. The van der Waals surface area contributed by atoms with Crippen molar-refractivity contribution in [1.82, 2.24) is 15.0 Å². The number of anilines is 1. The monoisotopic (exact) mass is 436 g/mol. The molecular weight excluding hydrogens is 408 g/mol. The van der Waals surface area contributed by atoms with Crippen molar-refractivity contribution in [2.75, 3.05) is 11.4 Å². The quantitative estimate of drug-likeness (QED) is 0.609. The van der Waals surface area contributed by atoms with Gasteiger partial charge in [-0.15, -0.1) is 16.4 Å². The van der Waals surface area contributed by atoms with Gasteiger partial charge >= 0.3 is 0 Å². The number of aryl methyl sites for hydroxylation is 2. The van der Waals surface area contributed by atoms with Gasteiger partial charge in [0.25, 0.3) is 5.56 Å². The standard InChI is InChI=1S/C24H28N4O2S/c1-24(2,3)16-10-11-17-19(13-16)31-22-21(17)23(30)28(26-25-22)14-20(29)27-12-6-8-15-7-4-5-9-18(15)27/h4-5,7,9,16H,6,8,10-14H2,1-3H3/t16-/m1/s1. The Morgan fingerprint density at radius 1 is 1.23 bits per heavy atom. The van der Waals surface area contributed by atoms with Crippen LogP contribution in [0.1, 0.15) is 49.6 Å². The van der Waals surface area contributed by atoms with Gasteiger partial charge in [-0.25, -0.2) is 4.68 Å². The Labute approximate surface area is 185 Å². The van der Waals surface area contributed by atoms with Gasteiger partial charge in [0, 0.05) is 17.1 Å². The number of thiophene rings is 1. The van der Waals surface area contributed by atoms with Crippen molar-refractivity contribution in [2.24, 2.45) is 11.3 Å². The van der Waals surface area contributed by atoms with Crippen LogP contribution in [0.25, 0.3) is 10.2 Å². The molecule has 0 saturated heterocycles. The Bertz CT molecular complexity index is 1220. The zero-order valence-corrected chi connectivity index (χ0v) is 19.2. The maximum absolute atomic E-state index is 13.3. The molecule has 0 radical (unpaired) electrons. The highest BCUT2D eigenvalue weighted by atomic mass is 32.1. The highest BCUT2D eigenvalue weighted by Crippen LogP contribution is 2.41. The largest absolute Gasteiger partial charge is 0.311 e. The van der Waals surface area contributed by atoms with Crippen LogP contribution < -0.4 is 10.5 Å². The third kappa shape index (κ3) is 3.59. The number of carbonyl (C=O) groups is 1. The molecule has 0 unspecified atom stereocenters. The Morgan fingerprint density at radius 2 is 2.03 bits per heavy atom. The average molecular weight is 437 g/mol. The van der Waals surface area contributed by atoms with Gasteiger partial charge < -0.3 is 4.90 Å². The number of rotatable bonds is 2. The first-order chi connectivity index (χ1) is 14.8. The molecule has 1 aliphatic heterocycles. The lowest BCUT2D eigenvalue weighted by atomic mass is 9.72. The zero-order valence-electron chi connectivity index (χ0n) is 18.4. The van der Waals surface area contributed by atoms with Crippen LogP contribution >= 0.6 is 11.3 Å². The van der Waals surface area contributed by atoms with Gasteiger partial charge in [-0.2, -0.15) is 0 Å². The molecule has 162 valence electrons. The van der Waals surface area contributed by atoms with Crippen molar-refractivity contribution >= 4 is 33.1 Å². The summed E-state index contributed by atoms with van der Waals surface area (Å²) in [5, 5.41) is 9.14. The van der Waals surface area contributed by atoms with Gasteiger partial charge in [0.2, 0.25) is 5.91 Å². The molecule has 3 aromatic rings. The first-order valence-electron chi connectivity index (χ1n) is 11.1. The van der Waals surface area contributed by atoms with Gasteiger partial charge in [-0.1, -0.05) is 44.2 Å². The third-order valence-electron chi connectivity index (χ3n) is 6.86. The van der Waals surface area contributed by atoms with E-state index in [2.05, 4.69) is 37.1 Å². The summed E-state index contributed by atoms with van der Waals surface area (Å²) in [4.78, 5) is 30.2. The number of hydrogen-bond acceptors (Lipinski definition) is 5.